The lowest BCUT2D eigenvalue weighted by atomic mass is 9.94. The molecule has 0 radical (unpaired) electrons. The summed E-state index contributed by atoms with van der Waals surface area (Å²) >= 11 is 0.917. The molecule has 1 unspecified atom stereocenters. The largest absolute Gasteiger partial charge is 0.507 e. The number of carbonyl (C=O) groups excluding carboxylic acids is 3. The molecule has 2 aromatic carbocycles. The molecular weight excluding hydrogens is 536 g/mol. The Bertz CT molecular complexity index is 1460. The molecule has 4 rings (SSSR count). The van der Waals surface area contributed by atoms with E-state index in [4.69, 9.17) is 18.9 Å². The maximum Gasteiger partial charge on any atom is 0.350 e. The van der Waals surface area contributed by atoms with E-state index in [1.54, 1.807) is 49.4 Å². The normalized spacial score (nSPS) is 16.2. The number of aryl methyl sites for hydroxylation is 1. The number of benzene rings is 2. The first-order valence-corrected chi connectivity index (χ1v) is 13.4. The van der Waals surface area contributed by atoms with Crippen molar-refractivity contribution in [3.05, 3.63) is 69.7 Å². The molecular formula is C29H30N2O8S. The van der Waals surface area contributed by atoms with Gasteiger partial charge in [0.25, 0.3) is 5.78 Å². The highest BCUT2D eigenvalue weighted by molar-refractivity contribution is 7.17. The van der Waals surface area contributed by atoms with Gasteiger partial charge in [-0.3, -0.25) is 14.5 Å². The summed E-state index contributed by atoms with van der Waals surface area (Å²) in [6.45, 7) is 4.23. The van der Waals surface area contributed by atoms with Gasteiger partial charge in [-0.25, -0.2) is 9.78 Å². The number of aliphatic hydroxyl groups excluding tert-OH is 1. The topological polar surface area (TPSA) is 124 Å². The monoisotopic (exact) mass is 566 g/mol. The summed E-state index contributed by atoms with van der Waals surface area (Å²) in [5, 5.41) is 11.5. The Morgan fingerprint density at radius 2 is 1.75 bits per heavy atom. The first-order valence-electron chi connectivity index (χ1n) is 12.6. The molecule has 3 aromatic rings. The van der Waals surface area contributed by atoms with Crippen LogP contribution in [0.4, 0.5) is 5.13 Å². The number of carbonyl (C=O) groups is 3. The minimum absolute atomic E-state index is 0.0987. The number of amides is 1. The van der Waals surface area contributed by atoms with Crippen LogP contribution in [0.25, 0.3) is 5.76 Å². The summed E-state index contributed by atoms with van der Waals surface area (Å²) in [6, 6.07) is 10.4. The smallest absolute Gasteiger partial charge is 0.350 e. The van der Waals surface area contributed by atoms with Crippen molar-refractivity contribution in [2.24, 2.45) is 0 Å². The molecule has 1 saturated heterocycles. The Morgan fingerprint density at radius 1 is 1.05 bits per heavy atom. The van der Waals surface area contributed by atoms with Crippen molar-refractivity contribution in [3.8, 4) is 17.2 Å². The molecule has 0 bridgehead atoms. The first-order chi connectivity index (χ1) is 19.2. The van der Waals surface area contributed by atoms with Crippen molar-refractivity contribution in [2.45, 2.75) is 32.7 Å². The number of hydrogen-bond acceptors (Lipinski definition) is 10. The number of ketones is 1. The van der Waals surface area contributed by atoms with E-state index in [1.165, 1.54) is 26.2 Å². The zero-order valence-corrected chi connectivity index (χ0v) is 23.7. The van der Waals surface area contributed by atoms with Gasteiger partial charge in [0.1, 0.15) is 33.9 Å². The average molecular weight is 567 g/mol. The predicted octanol–water partition coefficient (Wildman–Crippen LogP) is 5.06. The van der Waals surface area contributed by atoms with E-state index in [0.29, 0.717) is 40.7 Å². The number of methoxy groups -OCH3 is 3. The second-order valence-corrected chi connectivity index (χ2v) is 9.88. The number of ether oxygens (including phenoxy) is 4. The van der Waals surface area contributed by atoms with Crippen LogP contribution in [0.5, 0.6) is 17.2 Å². The van der Waals surface area contributed by atoms with Crippen LogP contribution in [0.15, 0.2) is 48.0 Å². The van der Waals surface area contributed by atoms with Gasteiger partial charge in [-0.05, 0) is 49.7 Å². The fourth-order valence-electron chi connectivity index (χ4n) is 4.33. The Hall–Kier alpha value is -4.38. The minimum Gasteiger partial charge on any atom is -0.507 e. The summed E-state index contributed by atoms with van der Waals surface area (Å²) in [6.07, 6.45) is 1.90. The van der Waals surface area contributed by atoms with E-state index < -0.39 is 23.7 Å². The molecule has 1 aromatic heterocycles. The zero-order chi connectivity index (χ0) is 29.0. The number of rotatable bonds is 10. The van der Waals surface area contributed by atoms with Gasteiger partial charge in [-0.2, -0.15) is 0 Å². The lowest BCUT2D eigenvalue weighted by Crippen LogP contribution is -2.29. The lowest BCUT2D eigenvalue weighted by molar-refractivity contribution is -0.132. The van der Waals surface area contributed by atoms with Crippen molar-refractivity contribution in [3.63, 3.8) is 0 Å². The van der Waals surface area contributed by atoms with Crippen LogP contribution in [0, 0.1) is 6.92 Å². The fraction of sp³-hybridized carbons (Fsp3) is 0.310. The SMILES string of the molecule is CCCCOc1ccc(/C(O)=C2\C(=O)C(=O)N(c3nc(C)c(C(=O)OC)s3)C2c2ccc(OC)cc2OC)cc1. The molecule has 10 nitrogen and oxygen atoms in total. The zero-order valence-electron chi connectivity index (χ0n) is 22.8. The summed E-state index contributed by atoms with van der Waals surface area (Å²) in [7, 11) is 4.20. The van der Waals surface area contributed by atoms with Gasteiger partial charge < -0.3 is 24.1 Å². The van der Waals surface area contributed by atoms with Crippen molar-refractivity contribution >= 4 is 39.9 Å². The summed E-state index contributed by atoms with van der Waals surface area (Å²) in [5.74, 6) is -1.36. The number of hydrogen-bond donors (Lipinski definition) is 1. The highest BCUT2D eigenvalue weighted by atomic mass is 32.1. The van der Waals surface area contributed by atoms with Crippen LogP contribution in [0.1, 0.15) is 52.3 Å². The molecule has 11 heteroatoms. The number of Topliss-reactive ketones (excluding diaryl/α,β-unsaturated/α-hetero) is 1. The van der Waals surface area contributed by atoms with Crippen molar-refractivity contribution < 1.29 is 38.4 Å². The lowest BCUT2D eigenvalue weighted by Gasteiger charge is -2.24. The summed E-state index contributed by atoms with van der Waals surface area (Å²) in [5.41, 5.74) is 0.924. The standard InChI is InChI=1S/C29H30N2O8S/c1-6-7-14-39-18-10-8-17(9-11-18)24(32)22-23(20-13-12-19(36-3)15-21(20)37-4)31(27(34)25(22)33)29-30-16(2)26(40-29)28(35)38-5/h8-13,15,23,32H,6-7,14H2,1-5H3/b24-22+. The maximum atomic E-state index is 13.5. The van der Waals surface area contributed by atoms with Crippen LogP contribution >= 0.6 is 11.3 Å². The second kappa shape index (κ2) is 12.2. The second-order valence-electron chi connectivity index (χ2n) is 8.91. The molecule has 1 fully saturated rings. The van der Waals surface area contributed by atoms with E-state index in [-0.39, 0.29) is 21.3 Å². The van der Waals surface area contributed by atoms with Gasteiger partial charge in [-0.15, -0.1) is 0 Å². The van der Waals surface area contributed by atoms with E-state index in [0.717, 1.165) is 24.2 Å². The molecule has 1 N–H and O–H groups in total. The van der Waals surface area contributed by atoms with Gasteiger partial charge in [0.05, 0.1) is 39.2 Å². The molecule has 0 spiro atoms. The van der Waals surface area contributed by atoms with Gasteiger partial charge in [0.15, 0.2) is 5.13 Å². The highest BCUT2D eigenvalue weighted by Crippen LogP contribution is 2.47. The van der Waals surface area contributed by atoms with Crippen LogP contribution in [-0.2, 0) is 14.3 Å². The molecule has 40 heavy (non-hydrogen) atoms. The number of aliphatic hydroxyl groups is 1. The third-order valence-electron chi connectivity index (χ3n) is 6.44. The number of anilines is 1. The van der Waals surface area contributed by atoms with E-state index in [2.05, 4.69) is 11.9 Å². The number of nitrogens with zero attached hydrogens (tertiary/aromatic N) is 2. The molecule has 1 amide bonds. The van der Waals surface area contributed by atoms with Crippen LogP contribution in [0.3, 0.4) is 0 Å². The minimum atomic E-state index is -1.11. The summed E-state index contributed by atoms with van der Waals surface area (Å²) < 4.78 is 21.5. The highest BCUT2D eigenvalue weighted by Gasteiger charge is 2.49. The molecule has 0 aliphatic carbocycles. The molecule has 0 saturated carbocycles. The van der Waals surface area contributed by atoms with Crippen molar-refractivity contribution in [1.29, 1.82) is 0 Å². The third-order valence-corrected chi connectivity index (χ3v) is 7.57. The van der Waals surface area contributed by atoms with Gasteiger partial charge in [0, 0.05) is 17.2 Å². The predicted molar refractivity (Wildman–Crippen MR) is 149 cm³/mol. The van der Waals surface area contributed by atoms with E-state index in [1.807, 2.05) is 0 Å². The average Bonchev–Trinajstić information content (AvgIpc) is 3.48. The van der Waals surface area contributed by atoms with Gasteiger partial charge in [-0.1, -0.05) is 24.7 Å². The van der Waals surface area contributed by atoms with E-state index >= 15 is 0 Å². The number of aromatic nitrogens is 1. The molecule has 1 atom stereocenters. The molecule has 1 aliphatic rings. The Morgan fingerprint density at radius 3 is 2.38 bits per heavy atom. The molecule has 1 aliphatic heterocycles. The Balaban J connectivity index is 1.88. The van der Waals surface area contributed by atoms with Crippen LogP contribution in [-0.4, -0.2) is 55.7 Å². The quantitative estimate of drug-likeness (QED) is 0.118. The third kappa shape index (κ3) is 5.37. The fourth-order valence-corrected chi connectivity index (χ4v) is 5.35. The van der Waals surface area contributed by atoms with Crippen molar-refractivity contribution in [2.75, 3.05) is 32.8 Å². The van der Waals surface area contributed by atoms with Crippen molar-refractivity contribution in [1.82, 2.24) is 4.98 Å². The number of thiazole rings is 1. The van der Waals surface area contributed by atoms with Crippen LogP contribution in [0.2, 0.25) is 0 Å². The maximum absolute atomic E-state index is 13.5. The van der Waals surface area contributed by atoms with E-state index in [9.17, 15) is 19.5 Å². The Labute approximate surface area is 235 Å². The molecule has 2 heterocycles. The number of unbranched alkanes of at least 4 members (excludes halogenated alkanes) is 1. The first kappa shape index (κ1) is 28.6. The van der Waals surface area contributed by atoms with Crippen LogP contribution < -0.4 is 19.1 Å². The Kier molecular flexibility index (Phi) is 8.73. The van der Waals surface area contributed by atoms with Gasteiger partial charge in [0.2, 0.25) is 0 Å². The summed E-state index contributed by atoms with van der Waals surface area (Å²) in [4.78, 5) is 45.1. The number of esters is 1. The molecule has 210 valence electrons. The van der Waals surface area contributed by atoms with Gasteiger partial charge >= 0.3 is 11.9 Å².